The maximum atomic E-state index is 9.02. The normalized spacial score (nSPS) is 14.6. The molecule has 0 bridgehead atoms. The molecular weight excluding hydrogens is 214 g/mol. The number of rotatable bonds is 10. The number of methoxy groups -OCH3 is 1. The number of hydrogen-bond acceptors (Lipinski definition) is 4. The van der Waals surface area contributed by atoms with Crippen LogP contribution in [0, 0.1) is 11.3 Å². The molecular formula is C13H27N3O. The molecule has 0 aliphatic heterocycles. The van der Waals surface area contributed by atoms with Crippen LogP contribution in [0.25, 0.3) is 0 Å². The largest absolute Gasteiger partial charge is 0.383 e. The van der Waals surface area contributed by atoms with E-state index in [9.17, 15) is 0 Å². The first-order valence-corrected chi connectivity index (χ1v) is 6.55. The van der Waals surface area contributed by atoms with Crippen molar-refractivity contribution in [1.82, 2.24) is 10.2 Å². The Morgan fingerprint density at radius 2 is 2.12 bits per heavy atom. The molecule has 0 heterocycles. The van der Waals surface area contributed by atoms with E-state index in [1.165, 1.54) is 0 Å². The lowest BCUT2D eigenvalue weighted by Gasteiger charge is -2.28. The molecule has 0 saturated carbocycles. The van der Waals surface area contributed by atoms with Gasteiger partial charge in [0, 0.05) is 19.7 Å². The minimum absolute atomic E-state index is 0.0289. The van der Waals surface area contributed by atoms with E-state index in [-0.39, 0.29) is 6.04 Å². The average Bonchev–Trinajstić information content (AvgIpc) is 2.34. The summed E-state index contributed by atoms with van der Waals surface area (Å²) in [5.74, 6) is 0. The second kappa shape index (κ2) is 10.5. The van der Waals surface area contributed by atoms with Crippen LogP contribution < -0.4 is 5.32 Å². The van der Waals surface area contributed by atoms with Crippen LogP contribution in [0.4, 0.5) is 0 Å². The van der Waals surface area contributed by atoms with Crippen LogP contribution in [-0.2, 0) is 4.74 Å². The number of nitrogens with zero attached hydrogens (tertiary/aromatic N) is 2. The second-order valence-corrected chi connectivity index (χ2v) is 4.36. The summed E-state index contributed by atoms with van der Waals surface area (Å²) in [7, 11) is 1.73. The summed E-state index contributed by atoms with van der Waals surface area (Å²) in [6.45, 7) is 10.0. The molecule has 0 aliphatic rings. The zero-order valence-corrected chi connectivity index (χ0v) is 11.7. The highest BCUT2D eigenvalue weighted by molar-refractivity contribution is 4.90. The van der Waals surface area contributed by atoms with Crippen molar-refractivity contribution in [2.45, 2.75) is 45.7 Å². The van der Waals surface area contributed by atoms with Crippen molar-refractivity contribution in [2.75, 3.05) is 33.4 Å². The Hall–Kier alpha value is -0.630. The van der Waals surface area contributed by atoms with Gasteiger partial charge in [0.25, 0.3) is 0 Å². The van der Waals surface area contributed by atoms with Crippen molar-refractivity contribution < 1.29 is 4.74 Å². The molecule has 0 fully saturated rings. The summed E-state index contributed by atoms with van der Waals surface area (Å²) in [5.41, 5.74) is 0. The summed E-state index contributed by atoms with van der Waals surface area (Å²) < 4.78 is 5.16. The van der Waals surface area contributed by atoms with Crippen LogP contribution in [0.15, 0.2) is 0 Å². The number of nitriles is 1. The molecule has 0 radical (unpaired) electrons. The predicted molar refractivity (Wildman–Crippen MR) is 70.9 cm³/mol. The van der Waals surface area contributed by atoms with Gasteiger partial charge in [0.15, 0.2) is 0 Å². The van der Waals surface area contributed by atoms with E-state index in [0.29, 0.717) is 6.04 Å². The van der Waals surface area contributed by atoms with Crippen molar-refractivity contribution >= 4 is 0 Å². The number of ether oxygens (including phenoxy) is 1. The summed E-state index contributed by atoms with van der Waals surface area (Å²) in [4.78, 5) is 2.35. The molecule has 2 atom stereocenters. The molecule has 0 aliphatic carbocycles. The predicted octanol–water partition coefficient (Wildman–Crippen LogP) is 1.63. The van der Waals surface area contributed by atoms with Gasteiger partial charge in [-0.15, -0.1) is 0 Å². The molecule has 0 saturated heterocycles. The molecule has 2 unspecified atom stereocenters. The van der Waals surface area contributed by atoms with Crippen LogP contribution in [0.5, 0.6) is 0 Å². The Labute approximate surface area is 106 Å². The topological polar surface area (TPSA) is 48.3 Å². The van der Waals surface area contributed by atoms with Gasteiger partial charge in [0.1, 0.15) is 0 Å². The molecule has 0 rings (SSSR count). The van der Waals surface area contributed by atoms with Crippen LogP contribution in [0.3, 0.4) is 0 Å². The molecule has 4 heteroatoms. The van der Waals surface area contributed by atoms with Gasteiger partial charge in [0.2, 0.25) is 0 Å². The fourth-order valence-electron chi connectivity index (χ4n) is 1.86. The molecule has 0 amide bonds. The van der Waals surface area contributed by atoms with E-state index in [2.05, 4.69) is 37.1 Å². The van der Waals surface area contributed by atoms with Crippen LogP contribution in [0.1, 0.15) is 33.6 Å². The van der Waals surface area contributed by atoms with Gasteiger partial charge >= 0.3 is 0 Å². The molecule has 17 heavy (non-hydrogen) atoms. The van der Waals surface area contributed by atoms with Crippen molar-refractivity contribution in [3.63, 3.8) is 0 Å². The van der Waals surface area contributed by atoms with Gasteiger partial charge in [-0.05, 0) is 32.9 Å². The third-order valence-electron chi connectivity index (χ3n) is 2.94. The Kier molecular flexibility index (Phi) is 10.1. The lowest BCUT2D eigenvalue weighted by Crippen LogP contribution is -2.40. The van der Waals surface area contributed by atoms with Gasteiger partial charge in [0.05, 0.1) is 18.7 Å². The zero-order valence-electron chi connectivity index (χ0n) is 11.7. The minimum Gasteiger partial charge on any atom is -0.383 e. The smallest absolute Gasteiger partial charge is 0.0965 e. The van der Waals surface area contributed by atoms with Gasteiger partial charge in [-0.1, -0.05) is 13.8 Å². The quantitative estimate of drug-likeness (QED) is 0.631. The maximum absolute atomic E-state index is 9.02. The van der Waals surface area contributed by atoms with Gasteiger partial charge < -0.3 is 10.1 Å². The van der Waals surface area contributed by atoms with Gasteiger partial charge in [-0.25, -0.2) is 0 Å². The third kappa shape index (κ3) is 7.32. The standard InChI is InChI=1S/C13H27N3O/c1-5-8-15-13(10-14)7-9-16(6-2)12(3)11-17-4/h12-13,15H,5-9,11H2,1-4H3. The molecule has 0 aromatic rings. The summed E-state index contributed by atoms with van der Waals surface area (Å²) in [5, 5.41) is 12.3. The van der Waals surface area contributed by atoms with E-state index < -0.39 is 0 Å². The Morgan fingerprint density at radius 3 is 2.59 bits per heavy atom. The van der Waals surface area contributed by atoms with Crippen LogP contribution >= 0.6 is 0 Å². The maximum Gasteiger partial charge on any atom is 0.0965 e. The third-order valence-corrected chi connectivity index (χ3v) is 2.94. The Bertz CT molecular complexity index is 215. The van der Waals surface area contributed by atoms with Crippen LogP contribution in [-0.4, -0.2) is 50.3 Å². The van der Waals surface area contributed by atoms with E-state index in [0.717, 1.165) is 39.1 Å². The van der Waals surface area contributed by atoms with Crippen LogP contribution in [0.2, 0.25) is 0 Å². The van der Waals surface area contributed by atoms with Gasteiger partial charge in [-0.3, -0.25) is 4.90 Å². The Morgan fingerprint density at radius 1 is 1.41 bits per heavy atom. The van der Waals surface area contributed by atoms with E-state index >= 15 is 0 Å². The first kappa shape index (κ1) is 16.4. The fraction of sp³-hybridized carbons (Fsp3) is 0.923. The fourth-order valence-corrected chi connectivity index (χ4v) is 1.86. The number of likely N-dealkylation sites (N-methyl/N-ethyl adjacent to an activating group) is 1. The molecule has 4 nitrogen and oxygen atoms in total. The van der Waals surface area contributed by atoms with E-state index in [1.54, 1.807) is 7.11 Å². The molecule has 0 aromatic carbocycles. The highest BCUT2D eigenvalue weighted by atomic mass is 16.5. The summed E-state index contributed by atoms with van der Waals surface area (Å²) in [6, 6.07) is 2.70. The van der Waals surface area contributed by atoms with Crippen molar-refractivity contribution in [1.29, 1.82) is 5.26 Å². The molecule has 0 spiro atoms. The van der Waals surface area contributed by atoms with Crippen molar-refractivity contribution in [3.05, 3.63) is 0 Å². The lowest BCUT2D eigenvalue weighted by atomic mass is 10.2. The first-order chi connectivity index (χ1) is 8.19. The minimum atomic E-state index is -0.0289. The van der Waals surface area contributed by atoms with Crippen molar-refractivity contribution in [2.24, 2.45) is 0 Å². The zero-order chi connectivity index (χ0) is 13.1. The average molecular weight is 241 g/mol. The van der Waals surface area contributed by atoms with Gasteiger partial charge in [-0.2, -0.15) is 5.26 Å². The lowest BCUT2D eigenvalue weighted by molar-refractivity contribution is 0.101. The Balaban J connectivity index is 3.98. The van der Waals surface area contributed by atoms with Crippen molar-refractivity contribution in [3.8, 4) is 6.07 Å². The highest BCUT2D eigenvalue weighted by Crippen LogP contribution is 2.02. The highest BCUT2D eigenvalue weighted by Gasteiger charge is 2.14. The molecule has 100 valence electrons. The summed E-state index contributed by atoms with van der Waals surface area (Å²) >= 11 is 0. The molecule has 1 N–H and O–H groups in total. The second-order valence-electron chi connectivity index (χ2n) is 4.36. The number of nitrogens with one attached hydrogen (secondary N) is 1. The van der Waals surface area contributed by atoms with E-state index in [4.69, 9.17) is 10.00 Å². The monoisotopic (exact) mass is 241 g/mol. The van der Waals surface area contributed by atoms with E-state index in [1.807, 2.05) is 0 Å². The molecule has 0 aromatic heterocycles. The first-order valence-electron chi connectivity index (χ1n) is 6.55. The summed E-state index contributed by atoms with van der Waals surface area (Å²) in [6.07, 6.45) is 1.94. The SMILES string of the molecule is CCCNC(C#N)CCN(CC)C(C)COC. The number of hydrogen-bond donors (Lipinski definition) is 1.